The molecule has 0 aliphatic heterocycles. The number of rotatable bonds is 9. The van der Waals surface area contributed by atoms with Crippen molar-refractivity contribution in [2.75, 3.05) is 0 Å². The van der Waals surface area contributed by atoms with Gasteiger partial charge in [-0.05, 0) is 42.7 Å². The average Bonchev–Trinajstić information content (AvgIpc) is 3.33. The molecule has 4 rings (SSSR count). The van der Waals surface area contributed by atoms with Crippen LogP contribution in [0.25, 0.3) is 5.65 Å². The van der Waals surface area contributed by atoms with E-state index < -0.39 is 18.4 Å². The SMILES string of the molecule is CC(=O)c1ccc(CNC(=O)c2cc(C(=O)NCc3cccc(OC(F)F)c3)nc3ccnn23)cc1C. The van der Waals surface area contributed by atoms with Gasteiger partial charge in [0, 0.05) is 30.8 Å². The number of aromatic nitrogens is 3. The number of fused-ring (bicyclic) bond motifs is 1. The maximum Gasteiger partial charge on any atom is 0.387 e. The van der Waals surface area contributed by atoms with E-state index in [1.807, 2.05) is 13.0 Å². The van der Waals surface area contributed by atoms with Crippen LogP contribution < -0.4 is 15.4 Å². The number of hydrogen-bond donors (Lipinski definition) is 2. The van der Waals surface area contributed by atoms with E-state index in [-0.39, 0.29) is 36.0 Å². The van der Waals surface area contributed by atoms with Crippen LogP contribution in [0.15, 0.2) is 60.8 Å². The third kappa shape index (κ3) is 6.13. The van der Waals surface area contributed by atoms with Crippen LogP contribution >= 0.6 is 0 Å². The minimum absolute atomic E-state index is 0.0141. The van der Waals surface area contributed by atoms with Crippen LogP contribution in [0.2, 0.25) is 0 Å². The molecule has 2 aromatic heterocycles. The number of nitrogens with one attached hydrogen (secondary N) is 2. The zero-order chi connectivity index (χ0) is 26.5. The van der Waals surface area contributed by atoms with Crippen molar-refractivity contribution in [1.82, 2.24) is 25.2 Å². The molecule has 37 heavy (non-hydrogen) atoms. The third-order valence-electron chi connectivity index (χ3n) is 5.52. The van der Waals surface area contributed by atoms with Crippen LogP contribution in [-0.4, -0.2) is 38.8 Å². The third-order valence-corrected chi connectivity index (χ3v) is 5.52. The molecule has 0 fully saturated rings. The molecule has 2 amide bonds. The molecule has 0 aliphatic carbocycles. The fraction of sp³-hybridized carbons (Fsp3) is 0.192. The monoisotopic (exact) mass is 507 g/mol. The molecule has 0 bridgehead atoms. The lowest BCUT2D eigenvalue weighted by atomic mass is 10.0. The second kappa shape index (κ2) is 10.9. The Labute approximate surface area is 210 Å². The van der Waals surface area contributed by atoms with Gasteiger partial charge in [-0.2, -0.15) is 13.9 Å². The molecular formula is C26H23F2N5O4. The smallest absolute Gasteiger partial charge is 0.387 e. The number of carbonyl (C=O) groups is 3. The number of Topliss-reactive ketones (excluding diaryl/α,β-unsaturated/α-hetero) is 1. The van der Waals surface area contributed by atoms with E-state index in [2.05, 4.69) is 25.5 Å². The molecule has 0 radical (unpaired) electrons. The molecule has 0 saturated carbocycles. The Morgan fingerprint density at radius 2 is 1.70 bits per heavy atom. The minimum Gasteiger partial charge on any atom is -0.435 e. The number of carbonyl (C=O) groups excluding carboxylic acids is 3. The molecule has 0 saturated heterocycles. The average molecular weight is 507 g/mol. The number of ketones is 1. The van der Waals surface area contributed by atoms with Crippen LogP contribution in [0.4, 0.5) is 8.78 Å². The summed E-state index contributed by atoms with van der Waals surface area (Å²) in [5, 5.41) is 9.58. The van der Waals surface area contributed by atoms with Gasteiger partial charge >= 0.3 is 6.61 Å². The van der Waals surface area contributed by atoms with Crippen molar-refractivity contribution in [3.63, 3.8) is 0 Å². The maximum absolute atomic E-state index is 13.0. The van der Waals surface area contributed by atoms with Gasteiger partial charge in [-0.25, -0.2) is 9.50 Å². The van der Waals surface area contributed by atoms with Crippen molar-refractivity contribution in [2.45, 2.75) is 33.5 Å². The number of halogens is 2. The van der Waals surface area contributed by atoms with Gasteiger partial charge in [-0.1, -0.05) is 30.3 Å². The van der Waals surface area contributed by atoms with Crippen LogP contribution in [0.5, 0.6) is 5.75 Å². The van der Waals surface area contributed by atoms with E-state index in [1.165, 1.54) is 41.9 Å². The summed E-state index contributed by atoms with van der Waals surface area (Å²) in [6.45, 7) is 0.592. The van der Waals surface area contributed by atoms with Crippen molar-refractivity contribution < 1.29 is 27.9 Å². The van der Waals surface area contributed by atoms with Gasteiger partial charge in [0.2, 0.25) is 0 Å². The molecule has 0 atom stereocenters. The number of amides is 2. The van der Waals surface area contributed by atoms with E-state index in [4.69, 9.17) is 0 Å². The largest absolute Gasteiger partial charge is 0.435 e. The van der Waals surface area contributed by atoms with Gasteiger partial charge in [0.05, 0.1) is 6.20 Å². The summed E-state index contributed by atoms with van der Waals surface area (Å²) in [6, 6.07) is 14.2. The Kier molecular flexibility index (Phi) is 7.52. The predicted octanol–water partition coefficient (Wildman–Crippen LogP) is 3.70. The fourth-order valence-corrected chi connectivity index (χ4v) is 3.80. The van der Waals surface area contributed by atoms with Gasteiger partial charge < -0.3 is 15.4 Å². The van der Waals surface area contributed by atoms with Gasteiger partial charge in [-0.3, -0.25) is 14.4 Å². The first kappa shape index (κ1) is 25.4. The van der Waals surface area contributed by atoms with E-state index in [0.717, 1.165) is 11.1 Å². The number of alkyl halides is 2. The number of hydrogen-bond acceptors (Lipinski definition) is 6. The molecule has 2 heterocycles. The zero-order valence-electron chi connectivity index (χ0n) is 20.0. The number of benzene rings is 2. The highest BCUT2D eigenvalue weighted by atomic mass is 19.3. The topological polar surface area (TPSA) is 115 Å². The van der Waals surface area contributed by atoms with Crippen molar-refractivity contribution in [1.29, 1.82) is 0 Å². The summed E-state index contributed by atoms with van der Waals surface area (Å²) < 4.78 is 30.6. The van der Waals surface area contributed by atoms with Gasteiger partial charge in [-0.15, -0.1) is 0 Å². The molecule has 190 valence electrons. The second-order valence-corrected chi connectivity index (χ2v) is 8.22. The summed E-state index contributed by atoms with van der Waals surface area (Å²) in [7, 11) is 0. The zero-order valence-corrected chi connectivity index (χ0v) is 20.0. The first-order valence-corrected chi connectivity index (χ1v) is 11.3. The standard InChI is InChI=1S/C26H23F2N5O4/c1-15-10-18(6-7-20(15)16(2)34)14-30-25(36)22-12-21(32-23-8-9-31-33(22)23)24(35)29-13-17-4-3-5-19(11-17)37-26(27)28/h3-12,26H,13-14H2,1-2H3,(H,29,35)(H,30,36). The predicted molar refractivity (Wildman–Crippen MR) is 130 cm³/mol. The van der Waals surface area contributed by atoms with Crippen LogP contribution in [-0.2, 0) is 13.1 Å². The number of ether oxygens (including phenoxy) is 1. The molecule has 2 aromatic carbocycles. The lowest BCUT2D eigenvalue weighted by Crippen LogP contribution is -2.28. The van der Waals surface area contributed by atoms with Crippen LogP contribution in [0.1, 0.15) is 54.9 Å². The summed E-state index contributed by atoms with van der Waals surface area (Å²) >= 11 is 0. The highest BCUT2D eigenvalue weighted by molar-refractivity contribution is 5.98. The first-order valence-electron chi connectivity index (χ1n) is 11.3. The van der Waals surface area contributed by atoms with E-state index >= 15 is 0 Å². The van der Waals surface area contributed by atoms with Gasteiger partial charge in [0.1, 0.15) is 17.1 Å². The Morgan fingerprint density at radius 3 is 2.41 bits per heavy atom. The Balaban J connectivity index is 1.48. The molecule has 0 aliphatic rings. The fourth-order valence-electron chi connectivity index (χ4n) is 3.80. The normalized spacial score (nSPS) is 10.9. The molecule has 4 aromatic rings. The molecule has 9 nitrogen and oxygen atoms in total. The molecule has 2 N–H and O–H groups in total. The summed E-state index contributed by atoms with van der Waals surface area (Å²) in [4.78, 5) is 41.7. The maximum atomic E-state index is 13.0. The highest BCUT2D eigenvalue weighted by Gasteiger charge is 2.18. The van der Waals surface area contributed by atoms with Crippen molar-refractivity contribution in [3.8, 4) is 5.75 Å². The van der Waals surface area contributed by atoms with Gasteiger partial charge in [0.25, 0.3) is 11.8 Å². The molecule has 0 spiro atoms. The number of nitrogens with zero attached hydrogens (tertiary/aromatic N) is 3. The van der Waals surface area contributed by atoms with E-state index in [1.54, 1.807) is 24.3 Å². The van der Waals surface area contributed by atoms with Crippen molar-refractivity contribution >= 4 is 23.2 Å². The first-order chi connectivity index (χ1) is 17.7. The lowest BCUT2D eigenvalue weighted by Gasteiger charge is -2.11. The minimum atomic E-state index is -2.95. The Hall–Kier alpha value is -4.67. The Bertz CT molecular complexity index is 1490. The molecule has 0 unspecified atom stereocenters. The molecular weight excluding hydrogens is 484 g/mol. The highest BCUT2D eigenvalue weighted by Crippen LogP contribution is 2.16. The quantitative estimate of drug-likeness (QED) is 0.334. The molecule has 11 heteroatoms. The number of aryl methyl sites for hydroxylation is 1. The Morgan fingerprint density at radius 1 is 0.973 bits per heavy atom. The second-order valence-electron chi connectivity index (χ2n) is 8.22. The van der Waals surface area contributed by atoms with Crippen molar-refractivity contribution in [3.05, 3.63) is 94.4 Å². The van der Waals surface area contributed by atoms with Crippen LogP contribution in [0.3, 0.4) is 0 Å². The lowest BCUT2D eigenvalue weighted by molar-refractivity contribution is -0.0499. The van der Waals surface area contributed by atoms with E-state index in [0.29, 0.717) is 16.8 Å². The summed E-state index contributed by atoms with van der Waals surface area (Å²) in [5.74, 6) is -1.10. The van der Waals surface area contributed by atoms with Gasteiger partial charge in [0.15, 0.2) is 11.4 Å². The summed E-state index contributed by atoms with van der Waals surface area (Å²) in [5.41, 5.74) is 3.16. The van der Waals surface area contributed by atoms with Crippen LogP contribution in [0, 0.1) is 6.92 Å². The summed E-state index contributed by atoms with van der Waals surface area (Å²) in [6.07, 6.45) is 1.46. The van der Waals surface area contributed by atoms with Crippen molar-refractivity contribution in [2.24, 2.45) is 0 Å². The van der Waals surface area contributed by atoms with E-state index in [9.17, 15) is 23.2 Å².